The normalized spacial score (nSPS) is 17.5. The third-order valence-electron chi connectivity index (χ3n) is 4.89. The average molecular weight is 479 g/mol. The van der Waals surface area contributed by atoms with Crippen LogP contribution in [0, 0.1) is 0 Å². The molecule has 164 valence electrons. The van der Waals surface area contributed by atoms with Crippen LogP contribution in [0.15, 0.2) is 57.5 Å². The lowest BCUT2D eigenvalue weighted by molar-refractivity contribution is -0.131. The van der Waals surface area contributed by atoms with E-state index in [2.05, 4.69) is 15.5 Å². The second-order valence-electron chi connectivity index (χ2n) is 7.16. The van der Waals surface area contributed by atoms with Crippen LogP contribution in [0.4, 0.5) is 5.13 Å². The monoisotopic (exact) mass is 478 g/mol. The summed E-state index contributed by atoms with van der Waals surface area (Å²) in [4.78, 5) is 14.6. The minimum Gasteiger partial charge on any atom is -0.467 e. The van der Waals surface area contributed by atoms with Crippen molar-refractivity contribution >= 4 is 44.0 Å². The van der Waals surface area contributed by atoms with Crippen LogP contribution in [0.2, 0.25) is 0 Å². The molecule has 0 aliphatic carbocycles. The lowest BCUT2D eigenvalue weighted by Crippen LogP contribution is -2.41. The van der Waals surface area contributed by atoms with E-state index in [9.17, 15) is 13.2 Å². The fourth-order valence-corrected chi connectivity index (χ4v) is 6.70. The zero-order valence-electron chi connectivity index (χ0n) is 16.6. The van der Waals surface area contributed by atoms with E-state index in [1.165, 1.54) is 23.1 Å². The minimum atomic E-state index is -3.11. The highest BCUT2D eigenvalue weighted by molar-refractivity contribution is 8.01. The Labute approximate surface area is 189 Å². The van der Waals surface area contributed by atoms with Gasteiger partial charge in [-0.05, 0) is 24.1 Å². The van der Waals surface area contributed by atoms with Gasteiger partial charge >= 0.3 is 0 Å². The molecular formula is C20H22N4O4S3. The highest BCUT2D eigenvalue weighted by Crippen LogP contribution is 2.27. The molecule has 1 aromatic carbocycles. The number of aromatic nitrogens is 2. The Hall–Kier alpha value is -2.37. The highest BCUT2D eigenvalue weighted by atomic mass is 32.2. The predicted molar refractivity (Wildman–Crippen MR) is 121 cm³/mol. The number of rotatable bonds is 9. The molecule has 1 atom stereocenters. The third-order valence-corrected chi connectivity index (χ3v) is 8.64. The molecule has 1 aliphatic rings. The number of anilines is 1. The van der Waals surface area contributed by atoms with Crippen molar-refractivity contribution in [3.63, 3.8) is 0 Å². The van der Waals surface area contributed by atoms with E-state index in [-0.39, 0.29) is 35.8 Å². The maximum Gasteiger partial charge on any atom is 0.233 e. The van der Waals surface area contributed by atoms with Gasteiger partial charge in [0.25, 0.3) is 0 Å². The molecule has 0 radical (unpaired) electrons. The van der Waals surface area contributed by atoms with Crippen LogP contribution in [0.1, 0.15) is 17.7 Å². The number of thioether (sulfide) groups is 1. The molecule has 31 heavy (non-hydrogen) atoms. The predicted octanol–water partition coefficient (Wildman–Crippen LogP) is 3.05. The van der Waals surface area contributed by atoms with E-state index < -0.39 is 9.84 Å². The molecule has 11 heteroatoms. The zero-order valence-corrected chi connectivity index (χ0v) is 19.1. The van der Waals surface area contributed by atoms with Gasteiger partial charge in [0.1, 0.15) is 5.76 Å². The van der Waals surface area contributed by atoms with Crippen molar-refractivity contribution in [2.24, 2.45) is 0 Å². The van der Waals surface area contributed by atoms with Crippen molar-refractivity contribution in [2.45, 2.75) is 29.9 Å². The molecule has 0 spiro atoms. The number of hydrogen-bond donors (Lipinski definition) is 1. The van der Waals surface area contributed by atoms with Gasteiger partial charge in [0.05, 0.1) is 30.1 Å². The first-order chi connectivity index (χ1) is 15.0. The lowest BCUT2D eigenvalue weighted by Gasteiger charge is -2.27. The summed E-state index contributed by atoms with van der Waals surface area (Å²) in [5.74, 6) is 0.754. The van der Waals surface area contributed by atoms with Gasteiger partial charge in [-0.1, -0.05) is 53.4 Å². The Morgan fingerprint density at radius 1 is 1.23 bits per heavy atom. The van der Waals surface area contributed by atoms with Crippen molar-refractivity contribution in [3.8, 4) is 0 Å². The minimum absolute atomic E-state index is 0.00350. The summed E-state index contributed by atoms with van der Waals surface area (Å²) in [6, 6.07) is 13.2. The molecular weight excluding hydrogens is 456 g/mol. The van der Waals surface area contributed by atoms with Crippen LogP contribution < -0.4 is 5.32 Å². The van der Waals surface area contributed by atoms with E-state index >= 15 is 0 Å². The van der Waals surface area contributed by atoms with Crippen LogP contribution in [0.25, 0.3) is 0 Å². The van der Waals surface area contributed by atoms with Gasteiger partial charge in [0.15, 0.2) is 14.2 Å². The zero-order chi connectivity index (χ0) is 21.7. The van der Waals surface area contributed by atoms with Crippen LogP contribution in [-0.4, -0.2) is 52.7 Å². The molecule has 0 unspecified atom stereocenters. The van der Waals surface area contributed by atoms with Gasteiger partial charge in [-0.25, -0.2) is 8.42 Å². The SMILES string of the molecule is O=C(CSc1nnc(NCc2ccccc2)s1)N(Cc1ccco1)[C@H]1CCS(=O)(=O)C1. The van der Waals surface area contributed by atoms with Gasteiger partial charge in [0, 0.05) is 12.6 Å². The number of carbonyl (C=O) groups excluding carboxylic acids is 1. The summed E-state index contributed by atoms with van der Waals surface area (Å²) < 4.78 is 29.9. The summed E-state index contributed by atoms with van der Waals surface area (Å²) in [6.07, 6.45) is 2.00. The molecule has 8 nitrogen and oxygen atoms in total. The summed E-state index contributed by atoms with van der Waals surface area (Å²) >= 11 is 2.69. The molecule has 3 aromatic rings. The van der Waals surface area contributed by atoms with Crippen molar-refractivity contribution in [1.82, 2.24) is 15.1 Å². The molecule has 0 bridgehead atoms. The first-order valence-corrected chi connectivity index (χ1v) is 13.4. The largest absolute Gasteiger partial charge is 0.467 e. The quantitative estimate of drug-likeness (QED) is 0.468. The molecule has 1 fully saturated rings. The van der Waals surface area contributed by atoms with Crippen LogP contribution in [0.3, 0.4) is 0 Å². The molecule has 4 rings (SSSR count). The van der Waals surface area contributed by atoms with Gasteiger partial charge in [0.2, 0.25) is 11.0 Å². The van der Waals surface area contributed by atoms with Crippen LogP contribution >= 0.6 is 23.1 Å². The van der Waals surface area contributed by atoms with Gasteiger partial charge < -0.3 is 14.6 Å². The smallest absolute Gasteiger partial charge is 0.233 e. The third kappa shape index (κ3) is 6.08. The Morgan fingerprint density at radius 3 is 2.77 bits per heavy atom. The van der Waals surface area contributed by atoms with Crippen LogP contribution in [-0.2, 0) is 27.7 Å². The summed E-state index contributed by atoms with van der Waals surface area (Å²) in [5, 5.41) is 12.2. The first kappa shape index (κ1) is 21.8. The van der Waals surface area contributed by atoms with Crippen molar-refractivity contribution in [1.29, 1.82) is 0 Å². The van der Waals surface area contributed by atoms with Gasteiger partial charge in [-0.2, -0.15) is 0 Å². The van der Waals surface area contributed by atoms with E-state index in [1.807, 2.05) is 30.3 Å². The number of furan rings is 1. The fourth-order valence-electron chi connectivity index (χ4n) is 3.33. The van der Waals surface area contributed by atoms with E-state index in [0.29, 0.717) is 28.2 Å². The van der Waals surface area contributed by atoms with Gasteiger partial charge in [-0.3, -0.25) is 4.79 Å². The molecule has 1 N–H and O–H groups in total. The van der Waals surface area contributed by atoms with E-state index in [1.54, 1.807) is 23.3 Å². The fraction of sp³-hybridized carbons (Fsp3) is 0.350. The molecule has 3 heterocycles. The second-order valence-corrected chi connectivity index (χ2v) is 11.6. The first-order valence-electron chi connectivity index (χ1n) is 9.75. The van der Waals surface area contributed by atoms with E-state index in [4.69, 9.17) is 4.42 Å². The number of nitrogens with one attached hydrogen (secondary N) is 1. The number of amides is 1. The summed E-state index contributed by atoms with van der Waals surface area (Å²) in [7, 11) is -3.11. The summed E-state index contributed by atoms with van der Waals surface area (Å²) in [6.45, 7) is 0.902. The molecule has 1 saturated heterocycles. The van der Waals surface area contributed by atoms with Crippen molar-refractivity contribution in [2.75, 3.05) is 22.6 Å². The number of hydrogen-bond acceptors (Lipinski definition) is 9. The maximum absolute atomic E-state index is 13.0. The Morgan fingerprint density at radius 2 is 2.06 bits per heavy atom. The molecule has 2 aromatic heterocycles. The molecule has 1 amide bonds. The number of benzene rings is 1. The standard InChI is InChI=1S/C20H22N4O4S3/c25-18(24(12-17-7-4-9-28-17)16-8-10-31(26,27)14-16)13-29-20-23-22-19(30-20)21-11-15-5-2-1-3-6-15/h1-7,9,16H,8,10-14H2,(H,21,22)/t16-/m0/s1. The molecule has 1 aliphatic heterocycles. The average Bonchev–Trinajstić information content (AvgIpc) is 3.51. The number of carbonyl (C=O) groups is 1. The second kappa shape index (κ2) is 9.84. The molecule has 0 saturated carbocycles. The Kier molecular flexibility index (Phi) is 6.93. The highest BCUT2D eigenvalue weighted by Gasteiger charge is 2.35. The Balaban J connectivity index is 1.34. The number of sulfone groups is 1. The lowest BCUT2D eigenvalue weighted by atomic mass is 10.2. The Bertz CT molecular complexity index is 1100. The topological polar surface area (TPSA) is 105 Å². The van der Waals surface area contributed by atoms with Gasteiger partial charge in [-0.15, -0.1) is 10.2 Å². The number of nitrogens with zero attached hydrogens (tertiary/aromatic N) is 3. The maximum atomic E-state index is 13.0. The van der Waals surface area contributed by atoms with Crippen molar-refractivity contribution < 1.29 is 17.6 Å². The van der Waals surface area contributed by atoms with Crippen molar-refractivity contribution in [3.05, 3.63) is 60.1 Å². The van der Waals surface area contributed by atoms with Crippen LogP contribution in [0.5, 0.6) is 0 Å². The summed E-state index contributed by atoms with van der Waals surface area (Å²) in [5.41, 5.74) is 1.14. The van der Waals surface area contributed by atoms with E-state index in [0.717, 1.165) is 5.56 Å².